The molecule has 0 unspecified atom stereocenters. The summed E-state index contributed by atoms with van der Waals surface area (Å²) in [6.07, 6.45) is 3.75. The van der Waals surface area contributed by atoms with Gasteiger partial charge in [0.1, 0.15) is 17.4 Å². The van der Waals surface area contributed by atoms with Crippen LogP contribution in [-0.2, 0) is 9.59 Å². The van der Waals surface area contributed by atoms with Crippen molar-refractivity contribution in [3.05, 3.63) is 90.3 Å². The Morgan fingerprint density at radius 3 is 2.36 bits per heavy atom. The molecule has 8 nitrogen and oxygen atoms in total. The molecule has 4 heterocycles. The quantitative estimate of drug-likeness (QED) is 0.410. The number of imide groups is 1. The molecule has 9 heteroatoms. The van der Waals surface area contributed by atoms with Gasteiger partial charge in [0.25, 0.3) is 5.91 Å². The van der Waals surface area contributed by atoms with E-state index in [0.29, 0.717) is 11.0 Å². The first-order valence-corrected chi connectivity index (χ1v) is 11.6. The summed E-state index contributed by atoms with van der Waals surface area (Å²) >= 11 is 0. The zero-order valence-corrected chi connectivity index (χ0v) is 18.7. The molecule has 1 aromatic heterocycles. The number of amides is 2. The summed E-state index contributed by atoms with van der Waals surface area (Å²) in [6.45, 7) is 0. The predicted molar refractivity (Wildman–Crippen MR) is 130 cm³/mol. The van der Waals surface area contributed by atoms with Crippen LogP contribution in [0.2, 0.25) is 0 Å². The number of para-hydroxylation sites is 3. The van der Waals surface area contributed by atoms with E-state index < -0.39 is 47.5 Å². The predicted octanol–water partition coefficient (Wildman–Crippen LogP) is 3.30. The highest BCUT2D eigenvalue weighted by atomic mass is 19.1. The lowest BCUT2D eigenvalue weighted by Crippen LogP contribution is -2.50. The molecule has 2 fully saturated rings. The molecule has 0 radical (unpaired) electrons. The number of halogens is 1. The first-order valence-electron chi connectivity index (χ1n) is 11.6. The minimum atomic E-state index is -1.04. The number of carbonyl (C=O) groups excluding carboxylic acids is 3. The molecule has 0 bridgehead atoms. The molecule has 0 saturated carbocycles. The Hall–Kier alpha value is -4.66. The second-order valence-corrected chi connectivity index (χ2v) is 9.10. The number of nitrogens with zero attached hydrogens (tertiary/aromatic N) is 5. The summed E-state index contributed by atoms with van der Waals surface area (Å²) in [4.78, 5) is 44.4. The van der Waals surface area contributed by atoms with Gasteiger partial charge >= 0.3 is 0 Å². The Balaban J connectivity index is 1.41. The van der Waals surface area contributed by atoms with Gasteiger partial charge in [-0.2, -0.15) is 4.68 Å². The highest BCUT2D eigenvalue weighted by molar-refractivity contribution is 6.25. The smallest absolute Gasteiger partial charge is 0.272 e. The Morgan fingerprint density at radius 2 is 1.53 bits per heavy atom. The van der Waals surface area contributed by atoms with Crippen LogP contribution >= 0.6 is 0 Å². The van der Waals surface area contributed by atoms with E-state index in [0.717, 1.165) is 16.2 Å². The van der Waals surface area contributed by atoms with Crippen molar-refractivity contribution in [1.29, 1.82) is 0 Å². The second-order valence-electron chi connectivity index (χ2n) is 9.10. The van der Waals surface area contributed by atoms with Gasteiger partial charge in [0.15, 0.2) is 0 Å². The van der Waals surface area contributed by atoms with E-state index in [1.807, 2.05) is 41.3 Å². The molecule has 2 saturated heterocycles. The van der Waals surface area contributed by atoms with Crippen LogP contribution in [0.25, 0.3) is 17.1 Å². The van der Waals surface area contributed by atoms with Crippen molar-refractivity contribution in [3.63, 3.8) is 0 Å². The molecule has 3 aliphatic heterocycles. The molecule has 4 aromatic rings. The van der Waals surface area contributed by atoms with E-state index >= 15 is 0 Å². The summed E-state index contributed by atoms with van der Waals surface area (Å²) in [5.41, 5.74) is 2.57. The average Bonchev–Trinajstić information content (AvgIpc) is 3.55. The number of hydrogen-bond donors (Lipinski definition) is 0. The first-order chi connectivity index (χ1) is 17.6. The second kappa shape index (κ2) is 7.42. The van der Waals surface area contributed by atoms with Crippen LogP contribution in [0.3, 0.4) is 0 Å². The van der Waals surface area contributed by atoms with Crippen LogP contribution in [0.5, 0.6) is 0 Å². The number of benzene rings is 3. The van der Waals surface area contributed by atoms with Crippen molar-refractivity contribution in [2.24, 2.45) is 11.8 Å². The van der Waals surface area contributed by atoms with Crippen molar-refractivity contribution < 1.29 is 18.8 Å². The third-order valence-electron chi connectivity index (χ3n) is 7.32. The third kappa shape index (κ3) is 2.65. The SMILES string of the molecule is O=C1[C@@H]2[C@H](C(=O)N1c1ccccc1F)[C@@H](C(=O)n1nnc3ccccc31)N1c3ccccc3C=C[C@H]21. The molecular weight excluding hydrogens is 461 g/mol. The number of aromatic nitrogens is 3. The molecule has 0 N–H and O–H groups in total. The minimum absolute atomic E-state index is 0.106. The molecule has 7 rings (SSSR count). The zero-order valence-electron chi connectivity index (χ0n) is 18.7. The van der Waals surface area contributed by atoms with E-state index in [2.05, 4.69) is 10.3 Å². The minimum Gasteiger partial charge on any atom is -0.351 e. The van der Waals surface area contributed by atoms with Crippen molar-refractivity contribution in [3.8, 4) is 0 Å². The molecule has 36 heavy (non-hydrogen) atoms. The summed E-state index contributed by atoms with van der Waals surface area (Å²) < 4.78 is 15.9. The van der Waals surface area contributed by atoms with Gasteiger partial charge in [-0.25, -0.2) is 9.29 Å². The summed E-state index contributed by atoms with van der Waals surface area (Å²) in [7, 11) is 0. The normalized spacial score (nSPS) is 24.2. The Labute approximate surface area is 204 Å². The number of carbonyl (C=O) groups is 3. The molecule has 0 spiro atoms. The number of hydrogen-bond acceptors (Lipinski definition) is 6. The standard InChI is InChI=1S/C27H18FN5O3/c28-16-8-2-5-11-19(16)32-25(34)22-21-14-13-15-7-1-4-10-18(15)31(21)24(23(22)26(32)35)27(36)33-20-12-6-3-9-17(20)29-30-33/h1-14,21-24H/t21-,22+,23+,24+/m1/s1. The molecule has 176 valence electrons. The van der Waals surface area contributed by atoms with Gasteiger partial charge in [-0.05, 0) is 35.9 Å². The van der Waals surface area contributed by atoms with E-state index in [-0.39, 0.29) is 5.69 Å². The van der Waals surface area contributed by atoms with E-state index in [9.17, 15) is 18.8 Å². The highest BCUT2D eigenvalue weighted by Gasteiger charge is 2.65. The number of rotatable bonds is 2. The Bertz CT molecular complexity index is 1630. The van der Waals surface area contributed by atoms with Crippen LogP contribution in [0.4, 0.5) is 15.8 Å². The van der Waals surface area contributed by atoms with E-state index in [1.165, 1.54) is 22.9 Å². The number of fused-ring (bicyclic) bond motifs is 6. The third-order valence-corrected chi connectivity index (χ3v) is 7.32. The monoisotopic (exact) mass is 479 g/mol. The van der Waals surface area contributed by atoms with E-state index in [4.69, 9.17) is 0 Å². The van der Waals surface area contributed by atoms with Crippen LogP contribution in [0, 0.1) is 17.7 Å². The zero-order chi connectivity index (χ0) is 24.6. The molecule has 4 atom stereocenters. The Morgan fingerprint density at radius 1 is 0.833 bits per heavy atom. The largest absolute Gasteiger partial charge is 0.351 e. The van der Waals surface area contributed by atoms with Crippen LogP contribution in [-0.4, -0.2) is 44.8 Å². The van der Waals surface area contributed by atoms with Crippen molar-refractivity contribution in [2.75, 3.05) is 9.80 Å². The Kier molecular flexibility index (Phi) is 4.26. The summed E-state index contributed by atoms with van der Waals surface area (Å²) in [6, 6.07) is 18.7. The van der Waals surface area contributed by atoms with Gasteiger partial charge in [0.2, 0.25) is 11.8 Å². The fraction of sp³-hybridized carbons (Fsp3) is 0.148. The first kappa shape index (κ1) is 20.7. The number of anilines is 2. The maximum atomic E-state index is 14.7. The summed E-state index contributed by atoms with van der Waals surface area (Å²) in [5.74, 6) is -4.14. The molecule has 3 aromatic carbocycles. The molecular formula is C27H18FN5O3. The highest BCUT2D eigenvalue weighted by Crippen LogP contribution is 2.49. The van der Waals surface area contributed by atoms with Gasteiger partial charge in [-0.1, -0.05) is 59.8 Å². The van der Waals surface area contributed by atoms with Gasteiger partial charge < -0.3 is 4.90 Å². The van der Waals surface area contributed by atoms with Gasteiger partial charge in [0.05, 0.1) is 29.1 Å². The molecule has 2 amide bonds. The van der Waals surface area contributed by atoms with Gasteiger partial charge in [-0.15, -0.1) is 5.10 Å². The topological polar surface area (TPSA) is 88.4 Å². The van der Waals surface area contributed by atoms with E-state index in [1.54, 1.807) is 30.3 Å². The van der Waals surface area contributed by atoms with Crippen molar-refractivity contribution >= 4 is 46.2 Å². The fourth-order valence-corrected chi connectivity index (χ4v) is 5.82. The lowest BCUT2D eigenvalue weighted by molar-refractivity contribution is -0.123. The molecule has 3 aliphatic rings. The van der Waals surface area contributed by atoms with Crippen LogP contribution in [0.1, 0.15) is 10.4 Å². The van der Waals surface area contributed by atoms with Crippen LogP contribution in [0.15, 0.2) is 78.9 Å². The maximum Gasteiger partial charge on any atom is 0.272 e. The average molecular weight is 479 g/mol. The van der Waals surface area contributed by atoms with Crippen LogP contribution < -0.4 is 9.80 Å². The van der Waals surface area contributed by atoms with Crippen molar-refractivity contribution in [2.45, 2.75) is 12.1 Å². The lowest BCUT2D eigenvalue weighted by Gasteiger charge is -2.36. The molecule has 0 aliphatic carbocycles. The fourth-order valence-electron chi connectivity index (χ4n) is 5.82. The maximum absolute atomic E-state index is 14.7. The van der Waals surface area contributed by atoms with Crippen molar-refractivity contribution in [1.82, 2.24) is 15.0 Å². The van der Waals surface area contributed by atoms with Gasteiger partial charge in [-0.3, -0.25) is 14.4 Å². The van der Waals surface area contributed by atoms with Gasteiger partial charge in [0, 0.05) is 5.69 Å². The summed E-state index contributed by atoms with van der Waals surface area (Å²) in [5, 5.41) is 8.19. The lowest BCUT2D eigenvalue weighted by atomic mass is 9.88.